The first kappa shape index (κ1) is 15.4. The van der Waals surface area contributed by atoms with Crippen LogP contribution in [0.3, 0.4) is 0 Å². The van der Waals surface area contributed by atoms with Gasteiger partial charge < -0.3 is 5.32 Å². The number of nitrogens with one attached hydrogen (secondary N) is 1. The number of aryl methyl sites for hydroxylation is 2. The second-order valence-electron chi connectivity index (χ2n) is 4.84. The molecule has 0 aliphatic heterocycles. The van der Waals surface area contributed by atoms with E-state index in [-0.39, 0.29) is 0 Å². The van der Waals surface area contributed by atoms with Gasteiger partial charge in [-0.3, -0.25) is 0 Å². The van der Waals surface area contributed by atoms with Crippen LogP contribution in [-0.2, 0) is 0 Å². The summed E-state index contributed by atoms with van der Waals surface area (Å²) in [5, 5.41) is 4.19. The van der Waals surface area contributed by atoms with E-state index in [0.717, 1.165) is 22.3 Å². The summed E-state index contributed by atoms with van der Waals surface area (Å²) in [6, 6.07) is 0.620. The van der Waals surface area contributed by atoms with Crippen molar-refractivity contribution in [2.75, 3.05) is 12.8 Å². The van der Waals surface area contributed by atoms with Crippen molar-refractivity contribution in [2.45, 2.75) is 58.2 Å². The molecule has 1 heterocycles. The summed E-state index contributed by atoms with van der Waals surface area (Å²) in [6.07, 6.45) is 3.73. The van der Waals surface area contributed by atoms with Gasteiger partial charge in [0.25, 0.3) is 0 Å². The predicted octanol–water partition coefficient (Wildman–Crippen LogP) is 3.27. The van der Waals surface area contributed by atoms with Gasteiger partial charge in [0.2, 0.25) is 0 Å². The Morgan fingerprint density at radius 1 is 1.11 bits per heavy atom. The van der Waals surface area contributed by atoms with Crippen molar-refractivity contribution in [1.82, 2.24) is 15.3 Å². The van der Waals surface area contributed by atoms with Crippen molar-refractivity contribution in [3.8, 4) is 0 Å². The summed E-state index contributed by atoms with van der Waals surface area (Å²) in [6.45, 7) is 8.42. The standard InChI is InChI=1S/C14H25N3S/c1-10(15-5)8-6-7-9-18-14-16-12(3)11(2)13(4)17-14/h10,15H,6-9H2,1-5H3. The number of aromatic nitrogens is 2. The Hall–Kier alpha value is -0.610. The van der Waals surface area contributed by atoms with Crippen molar-refractivity contribution in [3.05, 3.63) is 17.0 Å². The molecule has 0 spiro atoms. The Morgan fingerprint density at radius 3 is 2.28 bits per heavy atom. The van der Waals surface area contributed by atoms with Crippen LogP contribution in [0.2, 0.25) is 0 Å². The van der Waals surface area contributed by atoms with Crippen LogP contribution in [0.5, 0.6) is 0 Å². The van der Waals surface area contributed by atoms with Crippen LogP contribution in [0.1, 0.15) is 43.1 Å². The number of hydrogen-bond donors (Lipinski definition) is 1. The van der Waals surface area contributed by atoms with Crippen molar-refractivity contribution < 1.29 is 0 Å². The van der Waals surface area contributed by atoms with E-state index in [4.69, 9.17) is 0 Å². The molecule has 0 amide bonds. The van der Waals surface area contributed by atoms with Crippen LogP contribution in [0, 0.1) is 20.8 Å². The second kappa shape index (κ2) is 7.74. The lowest BCUT2D eigenvalue weighted by atomic mass is 10.1. The van der Waals surface area contributed by atoms with E-state index in [1.54, 1.807) is 11.8 Å². The molecule has 102 valence electrons. The van der Waals surface area contributed by atoms with Crippen LogP contribution in [0.15, 0.2) is 5.16 Å². The van der Waals surface area contributed by atoms with E-state index >= 15 is 0 Å². The van der Waals surface area contributed by atoms with Gasteiger partial charge in [0, 0.05) is 23.2 Å². The first-order chi connectivity index (χ1) is 8.54. The van der Waals surface area contributed by atoms with Gasteiger partial charge in [-0.05, 0) is 53.1 Å². The van der Waals surface area contributed by atoms with Crippen LogP contribution < -0.4 is 5.32 Å². The highest BCUT2D eigenvalue weighted by Gasteiger charge is 2.05. The van der Waals surface area contributed by atoms with Gasteiger partial charge in [-0.25, -0.2) is 9.97 Å². The normalized spacial score (nSPS) is 12.7. The molecule has 1 aromatic rings. The molecule has 0 bridgehead atoms. The predicted molar refractivity (Wildman–Crippen MR) is 79.3 cm³/mol. The van der Waals surface area contributed by atoms with E-state index in [9.17, 15) is 0 Å². The molecule has 4 heteroatoms. The molecule has 1 atom stereocenters. The third-order valence-electron chi connectivity index (χ3n) is 3.37. The Labute approximate surface area is 115 Å². The summed E-state index contributed by atoms with van der Waals surface area (Å²) < 4.78 is 0. The summed E-state index contributed by atoms with van der Waals surface area (Å²) in [7, 11) is 2.02. The number of rotatable bonds is 7. The molecule has 3 nitrogen and oxygen atoms in total. The molecule has 1 aromatic heterocycles. The fraction of sp³-hybridized carbons (Fsp3) is 0.714. The molecule has 1 unspecified atom stereocenters. The first-order valence-corrected chi connectivity index (χ1v) is 7.65. The molecule has 1 N–H and O–H groups in total. The van der Waals surface area contributed by atoms with Crippen molar-refractivity contribution in [2.24, 2.45) is 0 Å². The van der Waals surface area contributed by atoms with Gasteiger partial charge in [0.05, 0.1) is 0 Å². The molecule has 0 aliphatic rings. The van der Waals surface area contributed by atoms with Crippen molar-refractivity contribution in [3.63, 3.8) is 0 Å². The monoisotopic (exact) mass is 267 g/mol. The highest BCUT2D eigenvalue weighted by Crippen LogP contribution is 2.18. The van der Waals surface area contributed by atoms with Crippen LogP contribution in [0.25, 0.3) is 0 Å². The maximum atomic E-state index is 4.52. The molecule has 0 saturated carbocycles. The fourth-order valence-electron chi connectivity index (χ4n) is 1.67. The lowest BCUT2D eigenvalue weighted by Crippen LogP contribution is -2.20. The smallest absolute Gasteiger partial charge is 0.187 e. The summed E-state index contributed by atoms with van der Waals surface area (Å²) in [5.41, 5.74) is 3.42. The molecule has 0 aliphatic carbocycles. The fourth-order valence-corrected chi connectivity index (χ4v) is 2.60. The minimum atomic E-state index is 0.620. The lowest BCUT2D eigenvalue weighted by Gasteiger charge is -2.09. The van der Waals surface area contributed by atoms with Gasteiger partial charge in [0.15, 0.2) is 5.16 Å². The zero-order valence-electron chi connectivity index (χ0n) is 12.2. The molecule has 1 rings (SSSR count). The van der Waals surface area contributed by atoms with E-state index < -0.39 is 0 Å². The highest BCUT2D eigenvalue weighted by molar-refractivity contribution is 7.99. The van der Waals surface area contributed by atoms with Gasteiger partial charge in [-0.1, -0.05) is 18.2 Å². The lowest BCUT2D eigenvalue weighted by molar-refractivity contribution is 0.538. The van der Waals surface area contributed by atoms with E-state index in [1.165, 1.54) is 24.8 Å². The van der Waals surface area contributed by atoms with Crippen molar-refractivity contribution in [1.29, 1.82) is 0 Å². The second-order valence-corrected chi connectivity index (χ2v) is 5.90. The molecule has 0 radical (unpaired) electrons. The Balaban J connectivity index is 2.32. The van der Waals surface area contributed by atoms with Gasteiger partial charge in [-0.15, -0.1) is 0 Å². The summed E-state index contributed by atoms with van der Waals surface area (Å²) >= 11 is 1.77. The average molecular weight is 267 g/mol. The number of hydrogen-bond acceptors (Lipinski definition) is 4. The maximum absolute atomic E-state index is 4.52. The van der Waals surface area contributed by atoms with Gasteiger partial charge >= 0.3 is 0 Å². The molecular weight excluding hydrogens is 242 g/mol. The quantitative estimate of drug-likeness (QED) is 0.467. The van der Waals surface area contributed by atoms with Crippen LogP contribution in [0.4, 0.5) is 0 Å². The Bertz CT molecular complexity index is 356. The molecular formula is C14H25N3S. The maximum Gasteiger partial charge on any atom is 0.187 e. The molecule has 18 heavy (non-hydrogen) atoms. The zero-order chi connectivity index (χ0) is 13.5. The topological polar surface area (TPSA) is 37.8 Å². The molecule has 0 saturated heterocycles. The minimum absolute atomic E-state index is 0.620. The molecule has 0 fully saturated rings. The van der Waals surface area contributed by atoms with Crippen molar-refractivity contribution >= 4 is 11.8 Å². The molecule has 0 aromatic carbocycles. The number of nitrogens with zero attached hydrogens (tertiary/aromatic N) is 2. The zero-order valence-corrected chi connectivity index (χ0v) is 13.0. The van der Waals surface area contributed by atoms with Crippen LogP contribution in [-0.4, -0.2) is 28.8 Å². The Kier molecular flexibility index (Phi) is 6.65. The van der Waals surface area contributed by atoms with Gasteiger partial charge in [0.1, 0.15) is 0 Å². The largest absolute Gasteiger partial charge is 0.317 e. The third kappa shape index (κ3) is 4.94. The van der Waals surface area contributed by atoms with Gasteiger partial charge in [-0.2, -0.15) is 0 Å². The van der Waals surface area contributed by atoms with E-state index in [0.29, 0.717) is 6.04 Å². The Morgan fingerprint density at radius 2 is 1.72 bits per heavy atom. The number of unbranched alkanes of at least 4 members (excludes halogenated alkanes) is 1. The first-order valence-electron chi connectivity index (χ1n) is 6.66. The van der Waals surface area contributed by atoms with Crippen LogP contribution >= 0.6 is 11.8 Å². The SMILES string of the molecule is CNC(C)CCCCSc1nc(C)c(C)c(C)n1. The summed E-state index contributed by atoms with van der Waals surface area (Å²) in [5.74, 6) is 1.11. The third-order valence-corrected chi connectivity index (χ3v) is 4.30. The van der Waals surface area contributed by atoms with E-state index in [1.807, 2.05) is 7.05 Å². The highest BCUT2D eigenvalue weighted by atomic mass is 32.2. The summed E-state index contributed by atoms with van der Waals surface area (Å²) in [4.78, 5) is 9.04. The number of thioether (sulfide) groups is 1. The van der Waals surface area contributed by atoms with E-state index in [2.05, 4.69) is 43.0 Å². The average Bonchev–Trinajstić information content (AvgIpc) is 2.35. The minimum Gasteiger partial charge on any atom is -0.317 e.